The minimum Gasteiger partial charge on any atom is -0.457 e. The average molecular weight is 717 g/mol. The maximum Gasteiger partial charge on any atom is 0.397 e. The van der Waals surface area contributed by atoms with Gasteiger partial charge in [0.25, 0.3) is 0 Å². The lowest BCUT2D eigenvalue weighted by molar-refractivity contribution is -0.301. The molecule has 0 saturated carbocycles. The summed E-state index contributed by atoms with van der Waals surface area (Å²) in [5.74, 6) is -0.497. The first-order valence-corrected chi connectivity index (χ1v) is 18.9. The molecule has 6 unspecified atom stereocenters. The van der Waals surface area contributed by atoms with E-state index in [0.29, 0.717) is 6.61 Å². The molecule has 0 aliphatic carbocycles. The number of hydrogen-bond acceptors (Lipinski definition) is 11. The van der Waals surface area contributed by atoms with Crippen LogP contribution in [0, 0.1) is 0 Å². The highest BCUT2D eigenvalue weighted by atomic mass is 32.3. The smallest absolute Gasteiger partial charge is 0.397 e. The first kappa shape index (κ1) is 44.8. The summed E-state index contributed by atoms with van der Waals surface area (Å²) in [7, 11) is -5.04. The van der Waals surface area contributed by atoms with Crippen LogP contribution in [-0.2, 0) is 38.3 Å². The van der Waals surface area contributed by atoms with Crippen LogP contribution < -0.4 is 0 Å². The summed E-state index contributed by atoms with van der Waals surface area (Å²) in [6.07, 6.45) is 25.3. The highest BCUT2D eigenvalue weighted by Crippen LogP contribution is 2.25. The van der Waals surface area contributed by atoms with E-state index in [4.69, 9.17) is 23.5 Å². The van der Waals surface area contributed by atoms with Crippen LogP contribution in [0.1, 0.15) is 97.3 Å². The Hall–Kier alpha value is -2.20. The van der Waals surface area contributed by atoms with Crippen molar-refractivity contribution in [3.63, 3.8) is 0 Å². The number of allylic oxidation sites excluding steroid dienone is 10. The number of carbonyl (C=O) groups excluding carboxylic acids is 1. The zero-order valence-electron chi connectivity index (χ0n) is 29.2. The summed E-state index contributed by atoms with van der Waals surface area (Å²) >= 11 is 0. The van der Waals surface area contributed by atoms with Crippen molar-refractivity contribution in [2.45, 2.75) is 134 Å². The van der Waals surface area contributed by atoms with Gasteiger partial charge in [0, 0.05) is 13.0 Å². The van der Waals surface area contributed by atoms with Crippen molar-refractivity contribution in [2.75, 3.05) is 26.4 Å². The zero-order valence-corrected chi connectivity index (χ0v) is 30.0. The molecule has 0 bridgehead atoms. The summed E-state index contributed by atoms with van der Waals surface area (Å²) in [4.78, 5) is 11.9. The van der Waals surface area contributed by atoms with Gasteiger partial charge in [-0.3, -0.25) is 9.35 Å². The second-order valence-corrected chi connectivity index (χ2v) is 12.7. The first-order chi connectivity index (χ1) is 23.6. The van der Waals surface area contributed by atoms with Crippen LogP contribution in [0.2, 0.25) is 0 Å². The topological polar surface area (TPSA) is 178 Å². The summed E-state index contributed by atoms with van der Waals surface area (Å²) in [6.45, 7) is 3.19. The van der Waals surface area contributed by atoms with Crippen LogP contribution in [0.3, 0.4) is 0 Å². The third-order valence-corrected chi connectivity index (χ3v) is 7.92. The van der Waals surface area contributed by atoms with Crippen molar-refractivity contribution >= 4 is 16.4 Å². The molecule has 1 aliphatic heterocycles. The first-order valence-electron chi connectivity index (χ1n) is 17.5. The lowest BCUT2D eigenvalue weighted by Gasteiger charge is -2.41. The highest BCUT2D eigenvalue weighted by molar-refractivity contribution is 7.80. The fourth-order valence-corrected chi connectivity index (χ4v) is 5.30. The quantitative estimate of drug-likeness (QED) is 0.0349. The second kappa shape index (κ2) is 28.5. The minimum atomic E-state index is -5.04. The molecule has 4 N–H and O–H groups in total. The molecule has 0 radical (unpaired) electrons. The van der Waals surface area contributed by atoms with E-state index in [-0.39, 0.29) is 19.6 Å². The van der Waals surface area contributed by atoms with E-state index in [1.54, 1.807) is 6.92 Å². The van der Waals surface area contributed by atoms with Gasteiger partial charge in [-0.15, -0.1) is 0 Å². The SMILES string of the molecule is CC/C=C\C/C=C\C/C=C\C/C=C\C/C=C\CCCCCCCCOCC(COC1OC(CO)C(O)C(OS(=O)(=O)O)C1O)OC(=O)CC. The molecule has 12 nitrogen and oxygen atoms in total. The number of ether oxygens (including phenoxy) is 4. The molecule has 0 aromatic heterocycles. The minimum absolute atomic E-state index is 0.0127. The van der Waals surface area contributed by atoms with Crippen LogP contribution in [0.4, 0.5) is 0 Å². The Labute approximate surface area is 293 Å². The van der Waals surface area contributed by atoms with Crippen LogP contribution >= 0.6 is 0 Å². The molecule has 282 valence electrons. The monoisotopic (exact) mass is 716 g/mol. The van der Waals surface area contributed by atoms with Crippen LogP contribution in [0.5, 0.6) is 0 Å². The lowest BCUT2D eigenvalue weighted by Crippen LogP contribution is -2.60. The van der Waals surface area contributed by atoms with Crippen molar-refractivity contribution in [3.8, 4) is 0 Å². The van der Waals surface area contributed by atoms with E-state index in [1.165, 1.54) is 6.42 Å². The molecule has 1 aliphatic rings. The van der Waals surface area contributed by atoms with Crippen LogP contribution in [-0.4, -0.2) is 97.5 Å². The predicted octanol–water partition coefficient (Wildman–Crippen LogP) is 5.45. The van der Waals surface area contributed by atoms with E-state index >= 15 is 0 Å². The van der Waals surface area contributed by atoms with Gasteiger partial charge in [-0.05, 0) is 51.4 Å². The van der Waals surface area contributed by atoms with Crippen molar-refractivity contribution < 1.29 is 56.2 Å². The molecule has 1 fully saturated rings. The number of unbranched alkanes of at least 4 members (excludes halogenated alkanes) is 6. The Bertz CT molecular complexity index is 1100. The fourth-order valence-electron chi connectivity index (χ4n) is 4.79. The maximum atomic E-state index is 11.9. The molecule has 1 heterocycles. The van der Waals surface area contributed by atoms with Crippen LogP contribution in [0.15, 0.2) is 60.8 Å². The van der Waals surface area contributed by atoms with Gasteiger partial charge in [-0.1, -0.05) is 100 Å². The van der Waals surface area contributed by atoms with Gasteiger partial charge in [0.1, 0.15) is 30.5 Å². The van der Waals surface area contributed by atoms with Gasteiger partial charge >= 0.3 is 16.4 Å². The third-order valence-electron chi connectivity index (χ3n) is 7.46. The predicted molar refractivity (Wildman–Crippen MR) is 188 cm³/mol. The molecule has 0 aromatic rings. The Morgan fingerprint density at radius 2 is 1.33 bits per heavy atom. The van der Waals surface area contributed by atoms with Gasteiger partial charge < -0.3 is 34.3 Å². The molecule has 13 heteroatoms. The molecule has 0 amide bonds. The van der Waals surface area contributed by atoms with E-state index in [1.807, 2.05) is 0 Å². The largest absolute Gasteiger partial charge is 0.457 e. The lowest BCUT2D eigenvalue weighted by atomic mass is 9.99. The standard InChI is InChI=1S/C36H60O12S/c1-3-5-6-7-8-9-10-11-12-13-14-15-16-17-18-19-20-21-22-23-24-25-26-44-28-30(46-32(38)4-2)29-45-36-34(40)35(48-49(41,42)43)33(39)31(27-37)47-36/h5-6,8-9,11-12,14-15,17-18,30-31,33-37,39-40H,3-4,7,10,13,16,19-29H2,1-2H3,(H,41,42,43)/b6-5-,9-8-,12-11-,15-14-,18-17-. The second-order valence-electron chi connectivity index (χ2n) is 11.7. The molecule has 0 aromatic carbocycles. The van der Waals surface area contributed by atoms with Crippen molar-refractivity contribution in [2.24, 2.45) is 0 Å². The van der Waals surface area contributed by atoms with E-state index in [9.17, 15) is 28.5 Å². The maximum absolute atomic E-state index is 11.9. The molecule has 49 heavy (non-hydrogen) atoms. The average Bonchev–Trinajstić information content (AvgIpc) is 3.07. The molecule has 6 atom stereocenters. The van der Waals surface area contributed by atoms with Gasteiger partial charge in [-0.25, -0.2) is 4.18 Å². The van der Waals surface area contributed by atoms with Gasteiger partial charge in [0.2, 0.25) is 0 Å². The Kier molecular flexibility index (Phi) is 26.1. The molecule has 1 saturated heterocycles. The number of aliphatic hydroxyl groups is 3. The number of hydrogen-bond donors (Lipinski definition) is 4. The van der Waals surface area contributed by atoms with Gasteiger partial charge in [-0.2, -0.15) is 8.42 Å². The van der Waals surface area contributed by atoms with Gasteiger partial charge in [0.05, 0.1) is 19.8 Å². The van der Waals surface area contributed by atoms with Crippen molar-refractivity contribution in [1.82, 2.24) is 0 Å². The highest BCUT2D eigenvalue weighted by Gasteiger charge is 2.48. The summed E-state index contributed by atoms with van der Waals surface area (Å²) in [5, 5.41) is 30.1. The fraction of sp³-hybridized carbons (Fsp3) is 0.694. The zero-order chi connectivity index (χ0) is 36.2. The molecule has 0 spiro atoms. The Balaban J connectivity index is 2.21. The molecule has 1 rings (SSSR count). The number of rotatable bonds is 28. The third kappa shape index (κ3) is 23.0. The Morgan fingerprint density at radius 1 is 0.776 bits per heavy atom. The summed E-state index contributed by atoms with van der Waals surface area (Å²) in [5.41, 5.74) is 0. The summed E-state index contributed by atoms with van der Waals surface area (Å²) in [6, 6.07) is 0. The van der Waals surface area contributed by atoms with Crippen molar-refractivity contribution in [1.29, 1.82) is 0 Å². The number of esters is 1. The Morgan fingerprint density at radius 3 is 1.88 bits per heavy atom. The van der Waals surface area contributed by atoms with E-state index < -0.39 is 59.8 Å². The van der Waals surface area contributed by atoms with E-state index in [0.717, 1.165) is 70.6 Å². The van der Waals surface area contributed by atoms with Crippen molar-refractivity contribution in [3.05, 3.63) is 60.8 Å². The normalized spacial score (nSPS) is 22.8. The number of aliphatic hydroxyl groups excluding tert-OH is 3. The number of carbonyl (C=O) groups is 1. The van der Waals surface area contributed by atoms with Gasteiger partial charge in [0.15, 0.2) is 6.29 Å². The summed E-state index contributed by atoms with van der Waals surface area (Å²) < 4.78 is 57.6. The van der Waals surface area contributed by atoms with E-state index in [2.05, 4.69) is 71.9 Å². The van der Waals surface area contributed by atoms with Crippen LogP contribution in [0.25, 0.3) is 0 Å². The molecular weight excluding hydrogens is 656 g/mol. The molecular formula is C36H60O12S.